The van der Waals surface area contributed by atoms with E-state index in [-0.39, 0.29) is 0 Å². The van der Waals surface area contributed by atoms with Crippen LogP contribution in [-0.4, -0.2) is 13.7 Å². The maximum absolute atomic E-state index is 4.76. The highest BCUT2D eigenvalue weighted by atomic mass is 17.2. The molecule has 0 amide bonds. The molecule has 0 N–H and O–H groups in total. The van der Waals surface area contributed by atoms with E-state index in [2.05, 4.69) is 50.0 Å². The fourth-order valence-corrected chi connectivity index (χ4v) is 3.28. The Hall–Kier alpha value is -0.600. The second-order valence-electron chi connectivity index (χ2n) is 8.30. The third-order valence-corrected chi connectivity index (χ3v) is 5.23. The first-order chi connectivity index (χ1) is 14.8. The standard InChI is InChI=1S/C18H34.C10H22O2/c1-3-5-7-9-11-13-15-17-18-16-14-12-10-8-6-4-2;1-3-4-5-6-7-8-9-10-12-11-2/h5,7,10,12H,3-4,6,8-9,11,13-18H2,1-2H3;3-10H2,1-2H3/b7-5-,12-10-;. The molecular formula is C28H56O2. The second kappa shape index (κ2) is 33.0. The summed E-state index contributed by atoms with van der Waals surface area (Å²) in [5.74, 6) is 0. The van der Waals surface area contributed by atoms with Crippen LogP contribution in [0, 0.1) is 0 Å². The van der Waals surface area contributed by atoms with Gasteiger partial charge in [0.05, 0.1) is 13.7 Å². The first-order valence-electron chi connectivity index (χ1n) is 13.3. The summed E-state index contributed by atoms with van der Waals surface area (Å²) in [6, 6.07) is 0. The van der Waals surface area contributed by atoms with Gasteiger partial charge in [-0.2, -0.15) is 0 Å². The summed E-state index contributed by atoms with van der Waals surface area (Å²) in [4.78, 5) is 9.25. The maximum atomic E-state index is 4.76. The molecule has 30 heavy (non-hydrogen) atoms. The summed E-state index contributed by atoms with van der Waals surface area (Å²) in [5, 5.41) is 0. The normalized spacial score (nSPS) is 11.3. The van der Waals surface area contributed by atoms with Crippen LogP contribution in [0.4, 0.5) is 0 Å². The largest absolute Gasteiger partial charge is 0.240 e. The Labute approximate surface area is 190 Å². The van der Waals surface area contributed by atoms with Gasteiger partial charge in [0, 0.05) is 0 Å². The van der Waals surface area contributed by atoms with Crippen LogP contribution >= 0.6 is 0 Å². The minimum Gasteiger partial charge on any atom is -0.240 e. The first-order valence-corrected chi connectivity index (χ1v) is 13.3. The maximum Gasteiger partial charge on any atom is 0.0822 e. The molecule has 0 bridgehead atoms. The van der Waals surface area contributed by atoms with E-state index in [0.29, 0.717) is 0 Å². The van der Waals surface area contributed by atoms with Crippen molar-refractivity contribution in [2.45, 2.75) is 143 Å². The Morgan fingerprint density at radius 3 is 1.40 bits per heavy atom. The Balaban J connectivity index is 0. The van der Waals surface area contributed by atoms with Gasteiger partial charge in [-0.3, -0.25) is 0 Å². The molecule has 0 aliphatic carbocycles. The third-order valence-electron chi connectivity index (χ3n) is 5.23. The van der Waals surface area contributed by atoms with Crippen LogP contribution in [-0.2, 0) is 9.78 Å². The van der Waals surface area contributed by atoms with E-state index in [1.807, 2.05) is 0 Å². The molecule has 0 atom stereocenters. The second-order valence-corrected chi connectivity index (χ2v) is 8.30. The van der Waals surface area contributed by atoms with Gasteiger partial charge >= 0.3 is 0 Å². The fraction of sp³-hybridized carbons (Fsp3) is 0.857. The van der Waals surface area contributed by atoms with Gasteiger partial charge in [0.2, 0.25) is 0 Å². The Kier molecular flexibility index (Phi) is 34.8. The van der Waals surface area contributed by atoms with Gasteiger partial charge in [-0.15, -0.1) is 0 Å². The molecule has 0 spiro atoms. The van der Waals surface area contributed by atoms with E-state index in [9.17, 15) is 0 Å². The van der Waals surface area contributed by atoms with E-state index >= 15 is 0 Å². The molecule has 0 aromatic carbocycles. The van der Waals surface area contributed by atoms with Crippen LogP contribution < -0.4 is 0 Å². The van der Waals surface area contributed by atoms with Gasteiger partial charge in [0.1, 0.15) is 0 Å². The van der Waals surface area contributed by atoms with E-state index in [4.69, 9.17) is 4.89 Å². The van der Waals surface area contributed by atoms with Crippen LogP contribution in [0.2, 0.25) is 0 Å². The van der Waals surface area contributed by atoms with Gasteiger partial charge in [-0.05, 0) is 44.9 Å². The molecule has 0 saturated carbocycles. The molecule has 0 radical (unpaired) electrons. The number of rotatable bonds is 22. The van der Waals surface area contributed by atoms with E-state index in [0.717, 1.165) is 13.0 Å². The lowest BCUT2D eigenvalue weighted by Crippen LogP contribution is -1.92. The molecular weight excluding hydrogens is 368 g/mol. The van der Waals surface area contributed by atoms with E-state index in [1.54, 1.807) is 7.11 Å². The van der Waals surface area contributed by atoms with Crippen molar-refractivity contribution in [2.75, 3.05) is 13.7 Å². The molecule has 0 aliphatic heterocycles. The lowest BCUT2D eigenvalue weighted by molar-refractivity contribution is -0.272. The molecule has 0 heterocycles. The number of hydrogen-bond donors (Lipinski definition) is 0. The summed E-state index contributed by atoms with van der Waals surface area (Å²) in [6.07, 6.45) is 34.8. The topological polar surface area (TPSA) is 18.5 Å². The van der Waals surface area contributed by atoms with Crippen molar-refractivity contribution in [3.05, 3.63) is 24.3 Å². The Morgan fingerprint density at radius 2 is 0.900 bits per heavy atom. The summed E-state index contributed by atoms with van der Waals surface area (Å²) >= 11 is 0. The van der Waals surface area contributed by atoms with Crippen LogP contribution in [0.3, 0.4) is 0 Å². The van der Waals surface area contributed by atoms with Gasteiger partial charge in [-0.25, -0.2) is 9.78 Å². The molecule has 0 rings (SSSR count). The number of allylic oxidation sites excluding steroid dienone is 4. The van der Waals surface area contributed by atoms with E-state index in [1.165, 1.54) is 116 Å². The predicted octanol–water partition coefficient (Wildman–Crippen LogP) is 10.1. The molecule has 2 heteroatoms. The predicted molar refractivity (Wildman–Crippen MR) is 136 cm³/mol. The fourth-order valence-electron chi connectivity index (χ4n) is 3.28. The molecule has 2 nitrogen and oxygen atoms in total. The van der Waals surface area contributed by atoms with Crippen LogP contribution in [0.15, 0.2) is 24.3 Å². The summed E-state index contributed by atoms with van der Waals surface area (Å²) < 4.78 is 0. The van der Waals surface area contributed by atoms with Crippen molar-refractivity contribution in [2.24, 2.45) is 0 Å². The van der Waals surface area contributed by atoms with Gasteiger partial charge in [-0.1, -0.05) is 122 Å². The van der Waals surface area contributed by atoms with Crippen molar-refractivity contribution in [1.29, 1.82) is 0 Å². The Morgan fingerprint density at radius 1 is 0.467 bits per heavy atom. The number of unbranched alkanes of at least 4 members (excludes halogenated alkanes) is 15. The third kappa shape index (κ3) is 34.9. The minimum atomic E-state index is 0.740. The van der Waals surface area contributed by atoms with Crippen LogP contribution in [0.5, 0.6) is 0 Å². The van der Waals surface area contributed by atoms with Crippen molar-refractivity contribution >= 4 is 0 Å². The monoisotopic (exact) mass is 424 g/mol. The summed E-state index contributed by atoms with van der Waals surface area (Å²) in [6.45, 7) is 7.44. The summed E-state index contributed by atoms with van der Waals surface area (Å²) in [5.41, 5.74) is 0. The summed E-state index contributed by atoms with van der Waals surface area (Å²) in [7, 11) is 1.56. The van der Waals surface area contributed by atoms with Crippen molar-refractivity contribution < 1.29 is 9.78 Å². The molecule has 0 aromatic heterocycles. The number of hydrogen-bond acceptors (Lipinski definition) is 2. The molecule has 0 unspecified atom stereocenters. The molecule has 180 valence electrons. The lowest BCUT2D eigenvalue weighted by Gasteiger charge is -2.00. The highest BCUT2D eigenvalue weighted by molar-refractivity contribution is 4.81. The van der Waals surface area contributed by atoms with Gasteiger partial charge in [0.25, 0.3) is 0 Å². The molecule has 0 aromatic rings. The first kappa shape index (κ1) is 31.6. The molecule has 0 saturated heterocycles. The van der Waals surface area contributed by atoms with Crippen LogP contribution in [0.1, 0.15) is 143 Å². The average Bonchev–Trinajstić information content (AvgIpc) is 2.76. The van der Waals surface area contributed by atoms with Gasteiger partial charge < -0.3 is 0 Å². The molecule has 0 fully saturated rings. The highest BCUT2D eigenvalue weighted by Gasteiger charge is 1.91. The highest BCUT2D eigenvalue weighted by Crippen LogP contribution is 2.10. The minimum absolute atomic E-state index is 0.740. The van der Waals surface area contributed by atoms with Crippen molar-refractivity contribution in [1.82, 2.24) is 0 Å². The Bertz CT molecular complexity index is 313. The quantitative estimate of drug-likeness (QED) is 0.0744. The lowest BCUT2D eigenvalue weighted by atomic mass is 10.1. The van der Waals surface area contributed by atoms with Crippen molar-refractivity contribution in [3.63, 3.8) is 0 Å². The zero-order chi connectivity index (χ0) is 22.4. The SMILES string of the molecule is CC/C=C\CCCCCCCC/C=C\CCCC.CCCCCCCCCOOC. The zero-order valence-corrected chi connectivity index (χ0v) is 21.3. The smallest absolute Gasteiger partial charge is 0.0822 e. The van der Waals surface area contributed by atoms with Gasteiger partial charge in [0.15, 0.2) is 0 Å². The average molecular weight is 425 g/mol. The van der Waals surface area contributed by atoms with E-state index < -0.39 is 0 Å². The molecule has 0 aliphatic rings. The van der Waals surface area contributed by atoms with Crippen molar-refractivity contribution in [3.8, 4) is 0 Å². The zero-order valence-electron chi connectivity index (χ0n) is 21.3. The van der Waals surface area contributed by atoms with Crippen LogP contribution in [0.25, 0.3) is 0 Å².